The van der Waals surface area contributed by atoms with Gasteiger partial charge in [-0.05, 0) is 54.8 Å². The molecular formula is C13H18N4S. The molecule has 0 saturated carbocycles. The lowest BCUT2D eigenvalue weighted by Crippen LogP contribution is -2.00. The number of hydrogen-bond donors (Lipinski definition) is 0. The van der Waals surface area contributed by atoms with Gasteiger partial charge in [-0.1, -0.05) is 29.5 Å². The van der Waals surface area contributed by atoms with Crippen molar-refractivity contribution < 1.29 is 0 Å². The Labute approximate surface area is 112 Å². The Morgan fingerprint density at radius 2 is 1.78 bits per heavy atom. The van der Waals surface area contributed by atoms with Gasteiger partial charge in [-0.3, -0.25) is 0 Å². The molecule has 5 heteroatoms. The van der Waals surface area contributed by atoms with Gasteiger partial charge in [0.05, 0.1) is 0 Å². The van der Waals surface area contributed by atoms with E-state index >= 15 is 0 Å². The van der Waals surface area contributed by atoms with Crippen molar-refractivity contribution in [3.05, 3.63) is 34.4 Å². The van der Waals surface area contributed by atoms with Crippen molar-refractivity contribution in [2.45, 2.75) is 38.1 Å². The van der Waals surface area contributed by atoms with Gasteiger partial charge in [0.2, 0.25) is 5.16 Å². The molecule has 1 heterocycles. The molecule has 0 fully saturated rings. The zero-order valence-corrected chi connectivity index (χ0v) is 12.2. The van der Waals surface area contributed by atoms with Crippen molar-refractivity contribution in [3.63, 3.8) is 0 Å². The minimum Gasteiger partial charge on any atom is -0.224 e. The number of aryl methyl sites for hydroxylation is 4. The van der Waals surface area contributed by atoms with Crippen LogP contribution in [0.4, 0.5) is 0 Å². The number of hydrogen-bond acceptors (Lipinski definition) is 4. The largest absolute Gasteiger partial charge is 0.224 e. The van der Waals surface area contributed by atoms with Crippen LogP contribution in [0.2, 0.25) is 0 Å². The highest BCUT2D eigenvalue weighted by molar-refractivity contribution is 7.99. The van der Waals surface area contributed by atoms with E-state index in [0.29, 0.717) is 5.25 Å². The van der Waals surface area contributed by atoms with Gasteiger partial charge in [0.15, 0.2) is 0 Å². The summed E-state index contributed by atoms with van der Waals surface area (Å²) >= 11 is 1.69. The summed E-state index contributed by atoms with van der Waals surface area (Å²) < 4.78 is 1.71. The zero-order valence-electron chi connectivity index (χ0n) is 11.4. The molecule has 0 radical (unpaired) electrons. The molecule has 0 unspecified atom stereocenters. The summed E-state index contributed by atoms with van der Waals surface area (Å²) in [5.41, 5.74) is 5.37. The maximum atomic E-state index is 4.02. The zero-order chi connectivity index (χ0) is 13.3. The standard InChI is InChI=1S/C13H18N4S/c1-8-6-9(2)12(10(3)7-8)11(4)18-13-14-15-16-17(13)5/h6-7,11H,1-5H3/t11-/m0/s1. The second-order valence-corrected chi connectivity index (χ2v) is 5.97. The normalized spacial score (nSPS) is 12.7. The van der Waals surface area contributed by atoms with E-state index in [-0.39, 0.29) is 0 Å². The van der Waals surface area contributed by atoms with Crippen LogP contribution in [0.25, 0.3) is 0 Å². The van der Waals surface area contributed by atoms with Gasteiger partial charge in [0.25, 0.3) is 0 Å². The van der Waals surface area contributed by atoms with E-state index < -0.39 is 0 Å². The van der Waals surface area contributed by atoms with Crippen LogP contribution in [0.15, 0.2) is 17.3 Å². The van der Waals surface area contributed by atoms with Crippen LogP contribution in [0.5, 0.6) is 0 Å². The molecule has 0 aliphatic carbocycles. The summed E-state index contributed by atoms with van der Waals surface area (Å²) in [6, 6.07) is 4.46. The highest BCUT2D eigenvalue weighted by Gasteiger charge is 2.16. The maximum absolute atomic E-state index is 4.02. The van der Waals surface area contributed by atoms with Gasteiger partial charge in [-0.15, -0.1) is 5.10 Å². The Morgan fingerprint density at radius 1 is 1.17 bits per heavy atom. The molecule has 1 aromatic carbocycles. The number of thioether (sulfide) groups is 1. The van der Waals surface area contributed by atoms with Gasteiger partial charge in [-0.2, -0.15) is 0 Å². The Bertz CT molecular complexity index is 539. The Balaban J connectivity index is 2.29. The minimum atomic E-state index is 0.343. The lowest BCUT2D eigenvalue weighted by molar-refractivity contribution is 0.663. The van der Waals surface area contributed by atoms with Crippen LogP contribution in [0, 0.1) is 20.8 Å². The van der Waals surface area contributed by atoms with Crippen molar-refractivity contribution in [2.24, 2.45) is 7.05 Å². The predicted molar refractivity (Wildman–Crippen MR) is 73.7 cm³/mol. The van der Waals surface area contributed by atoms with Crippen LogP contribution in [0.1, 0.15) is 34.4 Å². The van der Waals surface area contributed by atoms with Crippen molar-refractivity contribution in [1.29, 1.82) is 0 Å². The molecule has 96 valence electrons. The number of nitrogens with zero attached hydrogens (tertiary/aromatic N) is 4. The summed E-state index contributed by atoms with van der Waals surface area (Å²) in [7, 11) is 1.86. The van der Waals surface area contributed by atoms with Crippen LogP contribution in [-0.4, -0.2) is 20.2 Å². The number of aromatic nitrogens is 4. The number of tetrazole rings is 1. The molecule has 2 rings (SSSR count). The van der Waals surface area contributed by atoms with Gasteiger partial charge in [0.1, 0.15) is 0 Å². The molecule has 0 bridgehead atoms. The van der Waals surface area contributed by atoms with Crippen LogP contribution in [0.3, 0.4) is 0 Å². The van der Waals surface area contributed by atoms with E-state index in [9.17, 15) is 0 Å². The summed E-state index contributed by atoms with van der Waals surface area (Å²) in [5.74, 6) is 0. The summed E-state index contributed by atoms with van der Waals surface area (Å²) in [5, 5.41) is 12.7. The second kappa shape index (κ2) is 5.10. The van der Waals surface area contributed by atoms with Crippen LogP contribution < -0.4 is 0 Å². The van der Waals surface area contributed by atoms with E-state index in [2.05, 4.69) is 55.4 Å². The predicted octanol–water partition coefficient (Wildman–Crippen LogP) is 2.99. The van der Waals surface area contributed by atoms with Crippen molar-refractivity contribution >= 4 is 11.8 Å². The Kier molecular flexibility index (Phi) is 3.71. The van der Waals surface area contributed by atoms with Crippen molar-refractivity contribution in [3.8, 4) is 0 Å². The smallest absolute Gasteiger partial charge is 0.209 e. The first-order valence-electron chi connectivity index (χ1n) is 5.95. The fourth-order valence-electron chi connectivity index (χ4n) is 2.37. The average Bonchev–Trinajstić information content (AvgIpc) is 2.62. The average molecular weight is 262 g/mol. The van der Waals surface area contributed by atoms with Crippen molar-refractivity contribution in [1.82, 2.24) is 20.2 Å². The van der Waals surface area contributed by atoms with Gasteiger partial charge in [0, 0.05) is 12.3 Å². The summed E-state index contributed by atoms with van der Waals surface area (Å²) in [4.78, 5) is 0. The van der Waals surface area contributed by atoms with Crippen LogP contribution >= 0.6 is 11.8 Å². The van der Waals surface area contributed by atoms with E-state index in [1.807, 2.05) is 7.05 Å². The Hall–Kier alpha value is -1.36. The molecule has 1 aromatic heterocycles. The van der Waals surface area contributed by atoms with E-state index in [1.54, 1.807) is 16.4 Å². The first kappa shape index (κ1) is 13.1. The summed E-state index contributed by atoms with van der Waals surface area (Å²) in [6.45, 7) is 8.67. The molecule has 0 saturated heterocycles. The van der Waals surface area contributed by atoms with E-state index in [1.165, 1.54) is 22.3 Å². The SMILES string of the molecule is Cc1cc(C)c([C@H](C)Sc2nnnn2C)c(C)c1. The van der Waals surface area contributed by atoms with Gasteiger partial charge in [-0.25, -0.2) is 4.68 Å². The first-order chi connectivity index (χ1) is 8.49. The Morgan fingerprint density at radius 3 is 2.28 bits per heavy atom. The molecule has 0 aliphatic heterocycles. The fourth-order valence-corrected chi connectivity index (χ4v) is 3.45. The topological polar surface area (TPSA) is 43.6 Å². The maximum Gasteiger partial charge on any atom is 0.209 e. The molecule has 0 spiro atoms. The third-order valence-corrected chi connectivity index (χ3v) is 4.15. The monoisotopic (exact) mass is 262 g/mol. The molecule has 0 amide bonds. The highest BCUT2D eigenvalue weighted by atomic mass is 32.2. The minimum absolute atomic E-state index is 0.343. The molecule has 18 heavy (non-hydrogen) atoms. The third-order valence-electron chi connectivity index (χ3n) is 3.01. The highest BCUT2D eigenvalue weighted by Crippen LogP contribution is 2.36. The van der Waals surface area contributed by atoms with Gasteiger partial charge < -0.3 is 0 Å². The molecule has 4 nitrogen and oxygen atoms in total. The second-order valence-electron chi connectivity index (χ2n) is 4.66. The van der Waals surface area contributed by atoms with E-state index in [4.69, 9.17) is 0 Å². The fraction of sp³-hybridized carbons (Fsp3) is 0.462. The molecule has 0 N–H and O–H groups in total. The van der Waals surface area contributed by atoms with Crippen molar-refractivity contribution in [2.75, 3.05) is 0 Å². The molecular weight excluding hydrogens is 244 g/mol. The molecule has 2 aromatic rings. The third kappa shape index (κ3) is 2.56. The number of benzene rings is 1. The lowest BCUT2D eigenvalue weighted by Gasteiger charge is -2.17. The first-order valence-corrected chi connectivity index (χ1v) is 6.83. The molecule has 1 atom stereocenters. The summed E-state index contributed by atoms with van der Waals surface area (Å²) in [6.07, 6.45) is 0. The lowest BCUT2D eigenvalue weighted by atomic mass is 9.98. The van der Waals surface area contributed by atoms with E-state index in [0.717, 1.165) is 5.16 Å². The molecule has 0 aliphatic rings. The number of rotatable bonds is 3. The van der Waals surface area contributed by atoms with Crippen LogP contribution in [-0.2, 0) is 7.05 Å². The quantitative estimate of drug-likeness (QED) is 0.798. The van der Waals surface area contributed by atoms with Gasteiger partial charge >= 0.3 is 0 Å².